The Bertz CT molecular complexity index is 835. The van der Waals surface area contributed by atoms with Gasteiger partial charge in [-0.15, -0.1) is 0 Å². The summed E-state index contributed by atoms with van der Waals surface area (Å²) in [5.74, 6) is 0. The van der Waals surface area contributed by atoms with Gasteiger partial charge in [-0.25, -0.2) is 4.79 Å². The number of carbonyl (C=O) groups excluding carboxylic acids is 1. The number of ether oxygens (including phenoxy) is 1. The van der Waals surface area contributed by atoms with Crippen LogP contribution in [0.3, 0.4) is 0 Å². The summed E-state index contributed by atoms with van der Waals surface area (Å²) < 4.78 is 68.6. The van der Waals surface area contributed by atoms with E-state index in [9.17, 15) is 26.2 Å². The first-order valence-corrected chi connectivity index (χ1v) is 9.09. The van der Waals surface area contributed by atoms with Crippen LogP contribution in [0.25, 0.3) is 0 Å². The lowest BCUT2D eigenvalue weighted by Gasteiger charge is -2.20. The highest BCUT2D eigenvalue weighted by Gasteiger charge is 2.25. The Morgan fingerprint density at radius 2 is 1.52 bits per heavy atom. The molecule has 1 rings (SSSR count). The van der Waals surface area contributed by atoms with E-state index in [0.717, 1.165) is 12.1 Å². The molecule has 0 bridgehead atoms. The maximum Gasteiger partial charge on any atom is 0.412 e. The molecule has 0 atom stereocenters. The zero-order valence-corrected chi connectivity index (χ0v) is 14.4. The van der Waals surface area contributed by atoms with Crippen molar-refractivity contribution >= 4 is 32.0 Å². The maximum atomic E-state index is 11.7. The van der Waals surface area contributed by atoms with Gasteiger partial charge in [0, 0.05) is 0 Å². The molecular weight excluding hydrogens is 350 g/mol. The fourth-order valence-corrected chi connectivity index (χ4v) is 3.11. The standard InChI is InChI=1S/C12H17NO8S2/c1-7-5-10(23(18,19)20)8(6-9(7)22(15,16)17)13-11(14)21-12(2,3)4/h5-6H,1-4H3,(H,13,14)(H,15,16,17)(H,18,19,20). The van der Waals surface area contributed by atoms with Crippen LogP contribution in [0.5, 0.6) is 0 Å². The molecule has 0 heterocycles. The average molecular weight is 367 g/mol. The first kappa shape index (κ1) is 19.4. The Kier molecular flexibility index (Phi) is 5.11. The first-order valence-electron chi connectivity index (χ1n) is 6.21. The second-order valence-corrected chi connectivity index (χ2v) is 8.47. The predicted molar refractivity (Wildman–Crippen MR) is 80.7 cm³/mol. The van der Waals surface area contributed by atoms with E-state index in [1.165, 1.54) is 6.92 Å². The lowest BCUT2D eigenvalue weighted by Crippen LogP contribution is -2.27. The van der Waals surface area contributed by atoms with Gasteiger partial charge in [0.2, 0.25) is 0 Å². The summed E-state index contributed by atoms with van der Waals surface area (Å²) in [5, 5.41) is 2.04. The molecule has 0 saturated carbocycles. The van der Waals surface area contributed by atoms with E-state index in [1.807, 2.05) is 5.32 Å². The third-order valence-corrected chi connectivity index (χ3v) is 4.36. The zero-order valence-electron chi connectivity index (χ0n) is 12.8. The topological polar surface area (TPSA) is 147 Å². The number of amides is 1. The summed E-state index contributed by atoms with van der Waals surface area (Å²) in [4.78, 5) is 10.4. The average Bonchev–Trinajstić information content (AvgIpc) is 2.25. The molecule has 0 spiro atoms. The number of anilines is 1. The molecule has 0 aliphatic carbocycles. The fourth-order valence-electron chi connectivity index (χ4n) is 1.66. The number of aryl methyl sites for hydroxylation is 1. The van der Waals surface area contributed by atoms with Crippen molar-refractivity contribution in [2.75, 3.05) is 5.32 Å². The van der Waals surface area contributed by atoms with Crippen LogP contribution in [-0.2, 0) is 25.0 Å². The molecular formula is C12H17NO8S2. The van der Waals surface area contributed by atoms with Crippen molar-refractivity contribution in [2.24, 2.45) is 0 Å². The largest absolute Gasteiger partial charge is 0.444 e. The van der Waals surface area contributed by atoms with Gasteiger partial charge in [0.05, 0.1) is 10.6 Å². The van der Waals surface area contributed by atoms with Gasteiger partial charge in [0.25, 0.3) is 20.2 Å². The molecule has 0 radical (unpaired) electrons. The second-order valence-electron chi connectivity index (χ2n) is 5.69. The van der Waals surface area contributed by atoms with Crippen molar-refractivity contribution < 1.29 is 35.5 Å². The van der Waals surface area contributed by atoms with Crippen LogP contribution in [0.2, 0.25) is 0 Å². The van der Waals surface area contributed by atoms with Gasteiger partial charge in [-0.1, -0.05) is 0 Å². The Labute approximate surface area is 134 Å². The lowest BCUT2D eigenvalue weighted by atomic mass is 10.2. The van der Waals surface area contributed by atoms with E-state index in [-0.39, 0.29) is 5.56 Å². The van der Waals surface area contributed by atoms with Crippen LogP contribution >= 0.6 is 0 Å². The van der Waals surface area contributed by atoms with E-state index in [1.54, 1.807) is 20.8 Å². The molecule has 1 aromatic carbocycles. The molecule has 0 aromatic heterocycles. The third kappa shape index (κ3) is 5.46. The second kappa shape index (κ2) is 6.07. The maximum absolute atomic E-state index is 11.7. The highest BCUT2D eigenvalue weighted by molar-refractivity contribution is 7.86. The van der Waals surface area contributed by atoms with Crippen LogP contribution in [0, 0.1) is 6.92 Å². The van der Waals surface area contributed by atoms with Gasteiger partial charge >= 0.3 is 6.09 Å². The van der Waals surface area contributed by atoms with Crippen LogP contribution in [-0.4, -0.2) is 37.6 Å². The van der Waals surface area contributed by atoms with E-state index in [2.05, 4.69) is 0 Å². The molecule has 0 saturated heterocycles. The molecule has 0 fully saturated rings. The number of hydrogen-bond acceptors (Lipinski definition) is 6. The van der Waals surface area contributed by atoms with Gasteiger partial charge in [0.1, 0.15) is 10.5 Å². The van der Waals surface area contributed by atoms with E-state index in [0.29, 0.717) is 0 Å². The molecule has 1 amide bonds. The minimum Gasteiger partial charge on any atom is -0.444 e. The highest BCUT2D eigenvalue weighted by Crippen LogP contribution is 2.28. The number of nitrogens with one attached hydrogen (secondary N) is 1. The van der Waals surface area contributed by atoms with Crippen molar-refractivity contribution in [3.8, 4) is 0 Å². The quantitative estimate of drug-likeness (QED) is 0.686. The van der Waals surface area contributed by atoms with Crippen molar-refractivity contribution in [3.63, 3.8) is 0 Å². The Morgan fingerprint density at radius 3 is 1.91 bits per heavy atom. The minimum absolute atomic E-state index is 0.130. The summed E-state index contributed by atoms with van der Waals surface area (Å²) in [7, 11) is -9.41. The summed E-state index contributed by atoms with van der Waals surface area (Å²) in [6.07, 6.45) is -1.06. The monoisotopic (exact) mass is 367 g/mol. The van der Waals surface area contributed by atoms with Crippen LogP contribution in [0.4, 0.5) is 10.5 Å². The minimum atomic E-state index is -4.75. The molecule has 23 heavy (non-hydrogen) atoms. The highest BCUT2D eigenvalue weighted by atomic mass is 32.2. The molecule has 1 aromatic rings. The van der Waals surface area contributed by atoms with Crippen LogP contribution in [0.15, 0.2) is 21.9 Å². The Morgan fingerprint density at radius 1 is 1.04 bits per heavy atom. The lowest BCUT2D eigenvalue weighted by molar-refractivity contribution is 0.0635. The molecule has 0 unspecified atom stereocenters. The number of rotatable bonds is 3. The van der Waals surface area contributed by atoms with Gasteiger partial charge in [-0.2, -0.15) is 16.8 Å². The molecule has 3 N–H and O–H groups in total. The normalized spacial score (nSPS) is 12.8. The smallest absolute Gasteiger partial charge is 0.412 e. The van der Waals surface area contributed by atoms with Crippen molar-refractivity contribution in [3.05, 3.63) is 17.7 Å². The molecule has 11 heteroatoms. The van der Waals surface area contributed by atoms with Gasteiger partial charge < -0.3 is 4.74 Å². The predicted octanol–water partition coefficient (Wildman–Crippen LogP) is 1.84. The van der Waals surface area contributed by atoms with E-state index in [4.69, 9.17) is 9.29 Å². The first-order chi connectivity index (χ1) is 10.1. The molecule has 0 aliphatic rings. The van der Waals surface area contributed by atoms with Crippen molar-refractivity contribution in [1.29, 1.82) is 0 Å². The number of benzene rings is 1. The SMILES string of the molecule is Cc1cc(S(=O)(=O)O)c(NC(=O)OC(C)(C)C)cc1S(=O)(=O)O. The van der Waals surface area contributed by atoms with Gasteiger partial charge in [-0.05, 0) is 45.4 Å². The van der Waals surface area contributed by atoms with Gasteiger partial charge in [0.15, 0.2) is 0 Å². The van der Waals surface area contributed by atoms with E-state index >= 15 is 0 Å². The molecule has 9 nitrogen and oxygen atoms in total. The molecule has 130 valence electrons. The molecule has 0 aliphatic heterocycles. The number of hydrogen-bond donors (Lipinski definition) is 3. The van der Waals surface area contributed by atoms with Crippen LogP contribution < -0.4 is 5.32 Å². The third-order valence-electron chi connectivity index (χ3n) is 2.47. The van der Waals surface area contributed by atoms with Gasteiger partial charge in [-0.3, -0.25) is 14.4 Å². The Hall–Kier alpha value is -1.69. The zero-order chi connectivity index (χ0) is 18.2. The van der Waals surface area contributed by atoms with Crippen molar-refractivity contribution in [2.45, 2.75) is 43.1 Å². The summed E-state index contributed by atoms with van der Waals surface area (Å²) in [6, 6.07) is 1.53. The fraction of sp³-hybridized carbons (Fsp3) is 0.417. The van der Waals surface area contributed by atoms with Crippen molar-refractivity contribution in [1.82, 2.24) is 0 Å². The Balaban J connectivity index is 3.46. The van der Waals surface area contributed by atoms with E-state index < -0.39 is 47.4 Å². The summed E-state index contributed by atoms with van der Waals surface area (Å²) in [5.41, 5.74) is -1.56. The summed E-state index contributed by atoms with van der Waals surface area (Å²) >= 11 is 0. The summed E-state index contributed by atoms with van der Waals surface area (Å²) in [6.45, 7) is 5.91. The van der Waals surface area contributed by atoms with Crippen LogP contribution in [0.1, 0.15) is 26.3 Å². The number of carbonyl (C=O) groups is 1.